The summed E-state index contributed by atoms with van der Waals surface area (Å²) in [6.45, 7) is 3.86. The lowest BCUT2D eigenvalue weighted by Gasteiger charge is -2.02. The van der Waals surface area contributed by atoms with E-state index in [-0.39, 0.29) is 24.0 Å². The maximum absolute atomic E-state index is 12.0. The van der Waals surface area contributed by atoms with Gasteiger partial charge in [0.25, 0.3) is 5.91 Å². The molecule has 1 N–H and O–H groups in total. The first-order valence-corrected chi connectivity index (χ1v) is 8.29. The molecule has 0 aliphatic heterocycles. The van der Waals surface area contributed by atoms with Crippen LogP contribution in [0.25, 0.3) is 11.0 Å². The molecule has 5 nitrogen and oxygen atoms in total. The molecule has 1 heterocycles. The molecule has 0 unspecified atom stereocenters. The van der Waals surface area contributed by atoms with E-state index in [4.69, 9.17) is 4.42 Å². The van der Waals surface area contributed by atoms with Crippen LogP contribution in [0.1, 0.15) is 21.7 Å². The molecular formula is C14H17NO4S. The lowest BCUT2D eigenvalue weighted by Crippen LogP contribution is -2.28. The third-order valence-corrected chi connectivity index (χ3v) is 4.00. The average molecular weight is 295 g/mol. The van der Waals surface area contributed by atoms with Crippen LogP contribution in [0.3, 0.4) is 0 Å². The van der Waals surface area contributed by atoms with Crippen molar-refractivity contribution in [1.82, 2.24) is 5.32 Å². The quantitative estimate of drug-likeness (QED) is 0.933. The molecule has 108 valence electrons. The summed E-state index contributed by atoms with van der Waals surface area (Å²) in [5.74, 6) is -0.240. The van der Waals surface area contributed by atoms with Gasteiger partial charge in [0.1, 0.15) is 15.4 Å². The van der Waals surface area contributed by atoms with Gasteiger partial charge in [0.05, 0.1) is 5.75 Å². The van der Waals surface area contributed by atoms with Gasteiger partial charge in [-0.1, -0.05) is 11.6 Å². The summed E-state index contributed by atoms with van der Waals surface area (Å²) in [5.41, 5.74) is 2.51. The number of hydrogen-bond donors (Lipinski definition) is 1. The zero-order valence-electron chi connectivity index (χ0n) is 11.7. The summed E-state index contributed by atoms with van der Waals surface area (Å²) in [7, 11) is -3.09. The van der Waals surface area contributed by atoms with Crippen molar-refractivity contribution < 1.29 is 17.6 Å². The second-order valence-electron chi connectivity index (χ2n) is 4.94. The molecule has 0 aliphatic carbocycles. The van der Waals surface area contributed by atoms with Crippen LogP contribution in [0.4, 0.5) is 0 Å². The molecule has 1 aromatic heterocycles. The van der Waals surface area contributed by atoms with Crippen molar-refractivity contribution in [2.45, 2.75) is 13.8 Å². The zero-order chi connectivity index (χ0) is 14.9. The molecule has 0 fully saturated rings. The number of rotatable bonds is 4. The van der Waals surface area contributed by atoms with Crippen LogP contribution in [0.2, 0.25) is 0 Å². The van der Waals surface area contributed by atoms with E-state index < -0.39 is 9.84 Å². The van der Waals surface area contributed by atoms with Gasteiger partial charge in [-0.3, -0.25) is 4.79 Å². The Labute approximate surface area is 117 Å². The van der Waals surface area contributed by atoms with Crippen molar-refractivity contribution >= 4 is 26.7 Å². The first-order valence-electron chi connectivity index (χ1n) is 6.23. The number of carbonyl (C=O) groups excluding carboxylic acids is 1. The second kappa shape index (κ2) is 5.28. The molecular weight excluding hydrogens is 278 g/mol. The number of fused-ring (bicyclic) bond motifs is 1. The van der Waals surface area contributed by atoms with E-state index in [1.54, 1.807) is 0 Å². The van der Waals surface area contributed by atoms with Gasteiger partial charge in [0, 0.05) is 23.8 Å². The van der Waals surface area contributed by atoms with Crippen LogP contribution in [0, 0.1) is 13.8 Å². The first kappa shape index (κ1) is 14.6. The first-order chi connectivity index (χ1) is 9.28. The van der Waals surface area contributed by atoms with E-state index in [1.807, 2.05) is 32.0 Å². The lowest BCUT2D eigenvalue weighted by atomic mass is 10.1. The Kier molecular flexibility index (Phi) is 3.85. The minimum absolute atomic E-state index is 0.0766. The Balaban J connectivity index is 2.20. The van der Waals surface area contributed by atoms with E-state index >= 15 is 0 Å². The molecule has 0 saturated heterocycles. The predicted octanol–water partition coefficient (Wildman–Crippen LogP) is 1.82. The normalized spacial score (nSPS) is 11.8. The van der Waals surface area contributed by atoms with Crippen LogP contribution in [-0.4, -0.2) is 32.9 Å². The van der Waals surface area contributed by atoms with Gasteiger partial charge < -0.3 is 9.73 Å². The van der Waals surface area contributed by atoms with Gasteiger partial charge in [0.2, 0.25) is 0 Å². The van der Waals surface area contributed by atoms with E-state index in [2.05, 4.69) is 5.32 Å². The minimum atomic E-state index is -3.09. The van der Waals surface area contributed by atoms with Crippen LogP contribution in [0.15, 0.2) is 22.6 Å². The summed E-state index contributed by atoms with van der Waals surface area (Å²) in [6.07, 6.45) is 1.13. The molecule has 0 saturated carbocycles. The van der Waals surface area contributed by atoms with Gasteiger partial charge >= 0.3 is 0 Å². The standard InChI is InChI=1S/C14H17NO4S/c1-9-4-5-12-11(8-9)10(2)13(19-12)14(16)15-6-7-20(3,17)18/h4-5,8H,6-7H2,1-3H3,(H,15,16). The van der Waals surface area contributed by atoms with Crippen LogP contribution < -0.4 is 5.32 Å². The van der Waals surface area contributed by atoms with E-state index in [0.717, 1.165) is 22.8 Å². The molecule has 2 aromatic rings. The fourth-order valence-electron chi connectivity index (χ4n) is 1.98. The Bertz CT molecular complexity index is 759. The molecule has 0 radical (unpaired) electrons. The summed E-state index contributed by atoms with van der Waals surface area (Å²) < 4.78 is 27.6. The molecule has 20 heavy (non-hydrogen) atoms. The number of furan rings is 1. The third-order valence-electron chi connectivity index (χ3n) is 3.06. The van der Waals surface area contributed by atoms with Crippen LogP contribution >= 0.6 is 0 Å². The van der Waals surface area contributed by atoms with Gasteiger partial charge in [-0.25, -0.2) is 8.42 Å². The number of carbonyl (C=O) groups is 1. The summed E-state index contributed by atoms with van der Waals surface area (Å²) in [6, 6.07) is 5.70. The third kappa shape index (κ3) is 3.19. The highest BCUT2D eigenvalue weighted by Gasteiger charge is 2.17. The second-order valence-corrected chi connectivity index (χ2v) is 7.20. The Morgan fingerprint density at radius 1 is 1.30 bits per heavy atom. The number of hydrogen-bond acceptors (Lipinski definition) is 4. The fourth-order valence-corrected chi connectivity index (χ4v) is 2.45. The summed E-state index contributed by atoms with van der Waals surface area (Å²) in [5, 5.41) is 3.46. The number of aryl methyl sites for hydroxylation is 2. The van der Waals surface area contributed by atoms with Crippen molar-refractivity contribution in [2.24, 2.45) is 0 Å². The number of sulfone groups is 1. The maximum atomic E-state index is 12.0. The van der Waals surface area contributed by atoms with Crippen molar-refractivity contribution in [3.05, 3.63) is 35.1 Å². The van der Waals surface area contributed by atoms with Crippen molar-refractivity contribution in [3.63, 3.8) is 0 Å². The minimum Gasteiger partial charge on any atom is -0.451 e. The molecule has 6 heteroatoms. The van der Waals surface area contributed by atoms with Crippen molar-refractivity contribution in [1.29, 1.82) is 0 Å². The largest absolute Gasteiger partial charge is 0.451 e. The van der Waals surface area contributed by atoms with Gasteiger partial charge in [0.15, 0.2) is 5.76 Å². The Morgan fingerprint density at radius 3 is 2.65 bits per heavy atom. The molecule has 1 amide bonds. The highest BCUT2D eigenvalue weighted by molar-refractivity contribution is 7.90. The molecule has 0 bridgehead atoms. The topological polar surface area (TPSA) is 76.4 Å². The monoisotopic (exact) mass is 295 g/mol. The molecule has 0 spiro atoms. The van der Waals surface area contributed by atoms with E-state index in [9.17, 15) is 13.2 Å². The van der Waals surface area contributed by atoms with Crippen molar-refractivity contribution in [2.75, 3.05) is 18.6 Å². The lowest BCUT2D eigenvalue weighted by molar-refractivity contribution is 0.0930. The summed E-state index contributed by atoms with van der Waals surface area (Å²) >= 11 is 0. The molecule has 0 aliphatic rings. The Hall–Kier alpha value is -1.82. The van der Waals surface area contributed by atoms with Crippen LogP contribution in [0.5, 0.6) is 0 Å². The van der Waals surface area contributed by atoms with Gasteiger partial charge in [-0.15, -0.1) is 0 Å². The molecule has 1 aromatic carbocycles. The smallest absolute Gasteiger partial charge is 0.287 e. The zero-order valence-corrected chi connectivity index (χ0v) is 12.5. The van der Waals surface area contributed by atoms with Gasteiger partial charge in [-0.2, -0.15) is 0 Å². The highest BCUT2D eigenvalue weighted by Crippen LogP contribution is 2.25. The molecule has 2 rings (SSSR count). The maximum Gasteiger partial charge on any atom is 0.287 e. The molecule has 0 atom stereocenters. The number of amides is 1. The van der Waals surface area contributed by atoms with Crippen LogP contribution in [-0.2, 0) is 9.84 Å². The predicted molar refractivity (Wildman–Crippen MR) is 77.7 cm³/mol. The summed E-state index contributed by atoms with van der Waals surface area (Å²) in [4.78, 5) is 12.0. The number of benzene rings is 1. The van der Waals surface area contributed by atoms with Crippen molar-refractivity contribution in [3.8, 4) is 0 Å². The average Bonchev–Trinajstić information content (AvgIpc) is 2.65. The van der Waals surface area contributed by atoms with E-state index in [1.165, 1.54) is 0 Å². The van der Waals surface area contributed by atoms with Gasteiger partial charge in [-0.05, 0) is 26.0 Å². The van der Waals surface area contributed by atoms with E-state index in [0.29, 0.717) is 5.58 Å². The highest BCUT2D eigenvalue weighted by atomic mass is 32.2. The fraction of sp³-hybridized carbons (Fsp3) is 0.357. The number of nitrogens with one attached hydrogen (secondary N) is 1. The SMILES string of the molecule is Cc1ccc2oc(C(=O)NCCS(C)(=O)=O)c(C)c2c1. The Morgan fingerprint density at radius 2 is 2.00 bits per heavy atom.